The first-order valence-electron chi connectivity index (χ1n) is 6.02. The quantitative estimate of drug-likeness (QED) is 0.666. The van der Waals surface area contributed by atoms with E-state index in [1.807, 2.05) is 0 Å². The van der Waals surface area contributed by atoms with Crippen molar-refractivity contribution in [3.63, 3.8) is 0 Å². The molecule has 110 valence electrons. The predicted molar refractivity (Wildman–Crippen MR) is 72.3 cm³/mol. The molecule has 0 amide bonds. The Morgan fingerprint density at radius 3 is 2.86 bits per heavy atom. The van der Waals surface area contributed by atoms with E-state index in [1.165, 1.54) is 23.0 Å². The van der Waals surface area contributed by atoms with Crippen LogP contribution in [0.2, 0.25) is 0 Å². The summed E-state index contributed by atoms with van der Waals surface area (Å²) in [5.74, 6) is -1.03. The molecular weight excluding hydrogens is 278 g/mol. The molecule has 2 aromatic rings. The van der Waals surface area contributed by atoms with Gasteiger partial charge < -0.3 is 9.84 Å². The summed E-state index contributed by atoms with van der Waals surface area (Å²) in [4.78, 5) is 21.5. The van der Waals surface area contributed by atoms with Gasteiger partial charge >= 0.3 is 11.7 Å². The van der Waals surface area contributed by atoms with E-state index in [2.05, 4.69) is 5.10 Å². The summed E-state index contributed by atoms with van der Waals surface area (Å²) in [5.41, 5.74) is 0.977. The third-order valence-corrected chi connectivity index (χ3v) is 2.97. The molecule has 0 spiro atoms. The molecule has 0 fully saturated rings. The van der Waals surface area contributed by atoms with Gasteiger partial charge in [0.25, 0.3) is 0 Å². The van der Waals surface area contributed by atoms with Crippen LogP contribution in [0.5, 0.6) is 5.75 Å². The summed E-state index contributed by atoms with van der Waals surface area (Å²) < 4.78 is 6.80. The van der Waals surface area contributed by atoms with Gasteiger partial charge in [-0.2, -0.15) is 5.10 Å². The first kappa shape index (κ1) is 14.5. The van der Waals surface area contributed by atoms with Gasteiger partial charge in [-0.3, -0.25) is 14.8 Å². The molecule has 0 saturated carbocycles. The van der Waals surface area contributed by atoms with Crippen LogP contribution in [0.4, 0.5) is 5.69 Å². The fraction of sp³-hybridized carbons (Fsp3) is 0.231. The normalized spacial score (nSPS) is 10.4. The lowest BCUT2D eigenvalue weighted by molar-refractivity contribution is -0.386. The van der Waals surface area contributed by atoms with Crippen LogP contribution in [0.3, 0.4) is 0 Å². The van der Waals surface area contributed by atoms with E-state index < -0.39 is 10.9 Å². The Balaban J connectivity index is 2.28. The molecule has 21 heavy (non-hydrogen) atoms. The SMILES string of the molecule is Cc1ccc([N+](=O)[O-])c(OCc2c(C(=O)O)cnn2C)c1. The topological polar surface area (TPSA) is 107 Å². The zero-order chi connectivity index (χ0) is 15.6. The molecule has 1 aromatic heterocycles. The first-order chi connectivity index (χ1) is 9.90. The number of hydrogen-bond acceptors (Lipinski definition) is 5. The third kappa shape index (κ3) is 2.99. The average molecular weight is 291 g/mol. The van der Waals surface area contributed by atoms with Gasteiger partial charge in [0, 0.05) is 13.1 Å². The van der Waals surface area contributed by atoms with Crippen molar-refractivity contribution in [3.8, 4) is 5.75 Å². The van der Waals surface area contributed by atoms with Crippen molar-refractivity contribution in [1.82, 2.24) is 9.78 Å². The van der Waals surface area contributed by atoms with Crippen LogP contribution in [-0.2, 0) is 13.7 Å². The molecule has 1 N–H and O–H groups in total. The maximum absolute atomic E-state index is 11.1. The first-order valence-corrected chi connectivity index (χ1v) is 6.02. The summed E-state index contributed by atoms with van der Waals surface area (Å²) in [6, 6.07) is 4.50. The molecule has 0 aliphatic carbocycles. The molecule has 0 aliphatic heterocycles. The number of carboxylic acid groups (broad SMARTS) is 1. The van der Waals surface area contributed by atoms with Crippen LogP contribution in [-0.4, -0.2) is 25.8 Å². The number of hydrogen-bond donors (Lipinski definition) is 1. The van der Waals surface area contributed by atoms with Gasteiger partial charge in [0.2, 0.25) is 0 Å². The van der Waals surface area contributed by atoms with E-state index >= 15 is 0 Å². The molecule has 2 rings (SSSR count). The number of aromatic carboxylic acids is 1. The molecule has 0 saturated heterocycles. The minimum Gasteiger partial charge on any atom is -0.480 e. The molecule has 0 bridgehead atoms. The molecule has 0 aliphatic rings. The Hall–Kier alpha value is -2.90. The van der Waals surface area contributed by atoms with Gasteiger partial charge in [0.1, 0.15) is 12.2 Å². The van der Waals surface area contributed by atoms with Gasteiger partial charge in [-0.05, 0) is 18.6 Å². The third-order valence-electron chi connectivity index (χ3n) is 2.97. The van der Waals surface area contributed by atoms with Gasteiger partial charge in [-0.15, -0.1) is 0 Å². The fourth-order valence-electron chi connectivity index (χ4n) is 1.85. The van der Waals surface area contributed by atoms with E-state index in [9.17, 15) is 14.9 Å². The molecule has 1 heterocycles. The lowest BCUT2D eigenvalue weighted by atomic mass is 10.2. The van der Waals surface area contributed by atoms with Gasteiger partial charge in [-0.1, -0.05) is 6.07 Å². The van der Waals surface area contributed by atoms with Crippen molar-refractivity contribution in [2.24, 2.45) is 7.05 Å². The Labute approximate surface area is 119 Å². The highest BCUT2D eigenvalue weighted by Gasteiger charge is 2.19. The van der Waals surface area contributed by atoms with E-state index in [0.29, 0.717) is 5.69 Å². The van der Waals surface area contributed by atoms with Crippen LogP contribution >= 0.6 is 0 Å². The molecular formula is C13H13N3O5. The van der Waals surface area contributed by atoms with Crippen molar-refractivity contribution in [2.75, 3.05) is 0 Å². The molecule has 8 nitrogen and oxygen atoms in total. The van der Waals surface area contributed by atoms with E-state index in [-0.39, 0.29) is 23.6 Å². The van der Waals surface area contributed by atoms with Gasteiger partial charge in [-0.25, -0.2) is 4.79 Å². The second-order valence-electron chi connectivity index (χ2n) is 4.45. The predicted octanol–water partition coefficient (Wildman–Crippen LogP) is 1.91. The average Bonchev–Trinajstić information content (AvgIpc) is 2.77. The number of ether oxygens (including phenoxy) is 1. The van der Waals surface area contributed by atoms with E-state index in [0.717, 1.165) is 5.56 Å². The number of carbonyl (C=O) groups is 1. The lowest BCUT2D eigenvalue weighted by Crippen LogP contribution is -2.09. The van der Waals surface area contributed by atoms with Crippen LogP contribution in [0.1, 0.15) is 21.6 Å². The molecule has 0 unspecified atom stereocenters. The Morgan fingerprint density at radius 2 is 2.24 bits per heavy atom. The minimum absolute atomic E-state index is 0.00723. The lowest BCUT2D eigenvalue weighted by Gasteiger charge is -2.08. The highest BCUT2D eigenvalue weighted by Crippen LogP contribution is 2.28. The highest BCUT2D eigenvalue weighted by atomic mass is 16.6. The van der Waals surface area contributed by atoms with Crippen LogP contribution in [0, 0.1) is 17.0 Å². The maximum atomic E-state index is 11.1. The molecule has 8 heteroatoms. The Bertz CT molecular complexity index is 708. The highest BCUT2D eigenvalue weighted by molar-refractivity contribution is 5.88. The number of aromatic nitrogens is 2. The molecule has 0 atom stereocenters. The number of carboxylic acids is 1. The summed E-state index contributed by atoms with van der Waals surface area (Å²) in [5, 5.41) is 23.8. The number of rotatable bonds is 5. The van der Waals surface area contributed by atoms with Crippen molar-refractivity contribution in [3.05, 3.63) is 51.3 Å². The largest absolute Gasteiger partial charge is 0.480 e. The zero-order valence-electron chi connectivity index (χ0n) is 11.4. The van der Waals surface area contributed by atoms with Crippen molar-refractivity contribution in [2.45, 2.75) is 13.5 Å². The molecule has 1 aromatic carbocycles. The number of nitro benzene ring substituents is 1. The van der Waals surface area contributed by atoms with E-state index in [4.69, 9.17) is 9.84 Å². The summed E-state index contributed by atoms with van der Waals surface area (Å²) in [6.07, 6.45) is 1.21. The Kier molecular flexibility index (Phi) is 3.88. The summed E-state index contributed by atoms with van der Waals surface area (Å²) >= 11 is 0. The zero-order valence-corrected chi connectivity index (χ0v) is 11.4. The minimum atomic E-state index is -1.12. The fourth-order valence-corrected chi connectivity index (χ4v) is 1.85. The second kappa shape index (κ2) is 5.61. The van der Waals surface area contributed by atoms with Crippen LogP contribution in [0.25, 0.3) is 0 Å². The maximum Gasteiger partial charge on any atom is 0.339 e. The van der Waals surface area contributed by atoms with Crippen LogP contribution < -0.4 is 4.74 Å². The van der Waals surface area contributed by atoms with Crippen molar-refractivity contribution >= 4 is 11.7 Å². The smallest absolute Gasteiger partial charge is 0.339 e. The Morgan fingerprint density at radius 1 is 1.52 bits per heavy atom. The number of nitro groups is 1. The van der Waals surface area contributed by atoms with Gasteiger partial charge in [0.15, 0.2) is 5.75 Å². The van der Waals surface area contributed by atoms with Crippen molar-refractivity contribution < 1.29 is 19.6 Å². The molecule has 0 radical (unpaired) electrons. The van der Waals surface area contributed by atoms with Gasteiger partial charge in [0.05, 0.1) is 16.8 Å². The number of nitrogens with zero attached hydrogens (tertiary/aromatic N) is 3. The van der Waals surface area contributed by atoms with Crippen LogP contribution in [0.15, 0.2) is 24.4 Å². The van der Waals surface area contributed by atoms with E-state index in [1.54, 1.807) is 20.0 Å². The monoisotopic (exact) mass is 291 g/mol. The number of benzene rings is 1. The number of aryl methyl sites for hydroxylation is 2. The van der Waals surface area contributed by atoms with Crippen molar-refractivity contribution in [1.29, 1.82) is 0 Å². The summed E-state index contributed by atoms with van der Waals surface area (Å²) in [7, 11) is 1.58. The standard InChI is InChI=1S/C13H13N3O5/c1-8-3-4-10(16(19)20)12(5-8)21-7-11-9(13(17)18)6-14-15(11)2/h3-6H,7H2,1-2H3,(H,17,18). The summed E-state index contributed by atoms with van der Waals surface area (Å²) in [6.45, 7) is 1.66. The second-order valence-corrected chi connectivity index (χ2v) is 4.45.